The summed E-state index contributed by atoms with van der Waals surface area (Å²) in [4.78, 5) is 13.9. The third-order valence-electron chi connectivity index (χ3n) is 3.93. The molecule has 5 nitrogen and oxygen atoms in total. The summed E-state index contributed by atoms with van der Waals surface area (Å²) in [5.41, 5.74) is 2.58. The van der Waals surface area contributed by atoms with Crippen molar-refractivity contribution in [3.8, 4) is 0 Å². The predicted molar refractivity (Wildman–Crippen MR) is 74.2 cm³/mol. The minimum Gasteiger partial charge on any atom is -0.408 e. The molecule has 1 aromatic carbocycles. The van der Waals surface area contributed by atoms with Gasteiger partial charge in [0.15, 0.2) is 5.58 Å². The standard InChI is InChI=1S/C14H19N3O2/c1-15-11(6-9-4-5-16-8-9)10-2-3-13-12(7-10)17-14(18)19-13/h2-3,7,9,11,15-16H,4-6,8H2,1H3,(H,17,18). The lowest BCUT2D eigenvalue weighted by atomic mass is 9.94. The molecule has 0 amide bonds. The van der Waals surface area contributed by atoms with Crippen LogP contribution >= 0.6 is 0 Å². The molecule has 0 radical (unpaired) electrons. The first-order valence-corrected chi connectivity index (χ1v) is 6.77. The highest BCUT2D eigenvalue weighted by atomic mass is 16.4. The molecule has 1 aliphatic rings. The number of benzene rings is 1. The number of nitrogens with one attached hydrogen (secondary N) is 3. The lowest BCUT2D eigenvalue weighted by molar-refractivity contribution is 0.430. The van der Waals surface area contributed by atoms with Gasteiger partial charge < -0.3 is 15.1 Å². The molecule has 1 aromatic heterocycles. The predicted octanol–water partition coefficient (Wildman–Crippen LogP) is 1.38. The highest BCUT2D eigenvalue weighted by Crippen LogP contribution is 2.26. The Morgan fingerprint density at radius 2 is 2.42 bits per heavy atom. The van der Waals surface area contributed by atoms with Crippen molar-refractivity contribution < 1.29 is 4.42 Å². The average Bonchev–Trinajstić information content (AvgIpc) is 3.02. The Hall–Kier alpha value is -1.59. The number of oxazole rings is 1. The number of aromatic amines is 1. The molecule has 3 N–H and O–H groups in total. The van der Waals surface area contributed by atoms with Crippen LogP contribution < -0.4 is 16.4 Å². The van der Waals surface area contributed by atoms with Gasteiger partial charge in [-0.1, -0.05) is 6.07 Å². The highest BCUT2D eigenvalue weighted by molar-refractivity contribution is 5.72. The first-order chi connectivity index (χ1) is 9.26. The SMILES string of the molecule is CNC(CC1CCNC1)c1ccc2oc(=O)[nH]c2c1. The Bertz CT molecular complexity index is 610. The van der Waals surface area contributed by atoms with Crippen LogP contribution in [-0.4, -0.2) is 25.1 Å². The molecule has 102 valence electrons. The number of hydrogen-bond acceptors (Lipinski definition) is 4. The molecule has 1 saturated heterocycles. The van der Waals surface area contributed by atoms with Crippen molar-refractivity contribution in [2.45, 2.75) is 18.9 Å². The van der Waals surface area contributed by atoms with Crippen molar-refractivity contribution in [3.63, 3.8) is 0 Å². The van der Waals surface area contributed by atoms with Gasteiger partial charge in [0, 0.05) is 6.04 Å². The zero-order valence-electron chi connectivity index (χ0n) is 11.0. The molecule has 2 aromatic rings. The smallest absolute Gasteiger partial charge is 0.408 e. The summed E-state index contributed by atoms with van der Waals surface area (Å²) in [6.45, 7) is 2.22. The van der Waals surface area contributed by atoms with E-state index in [9.17, 15) is 4.79 Å². The Balaban J connectivity index is 1.84. The molecule has 2 atom stereocenters. The third-order valence-corrected chi connectivity index (χ3v) is 3.93. The van der Waals surface area contributed by atoms with Crippen LogP contribution in [0.25, 0.3) is 11.1 Å². The Morgan fingerprint density at radius 1 is 1.53 bits per heavy atom. The van der Waals surface area contributed by atoms with E-state index in [2.05, 4.69) is 15.6 Å². The minimum absolute atomic E-state index is 0.313. The zero-order chi connectivity index (χ0) is 13.2. The van der Waals surface area contributed by atoms with E-state index in [4.69, 9.17) is 4.42 Å². The summed E-state index contributed by atoms with van der Waals surface area (Å²) in [5, 5.41) is 6.76. The van der Waals surface area contributed by atoms with E-state index in [0.29, 0.717) is 11.6 Å². The molecule has 1 aliphatic heterocycles. The maximum Gasteiger partial charge on any atom is 0.417 e. The second kappa shape index (κ2) is 5.19. The van der Waals surface area contributed by atoms with Crippen LogP contribution in [0.1, 0.15) is 24.4 Å². The molecule has 2 heterocycles. The van der Waals surface area contributed by atoms with Gasteiger partial charge in [0.2, 0.25) is 0 Å². The average molecular weight is 261 g/mol. The number of H-pyrrole nitrogens is 1. The summed E-state index contributed by atoms with van der Waals surface area (Å²) in [6.07, 6.45) is 2.35. The van der Waals surface area contributed by atoms with Gasteiger partial charge in [-0.05, 0) is 56.6 Å². The number of aromatic nitrogens is 1. The molecule has 3 rings (SSSR count). The first-order valence-electron chi connectivity index (χ1n) is 6.77. The Labute approximate surface area is 111 Å². The van der Waals surface area contributed by atoms with Crippen LogP contribution in [0.2, 0.25) is 0 Å². The van der Waals surface area contributed by atoms with Crippen molar-refractivity contribution in [1.82, 2.24) is 15.6 Å². The summed E-state index contributed by atoms with van der Waals surface area (Å²) < 4.78 is 5.03. The fraction of sp³-hybridized carbons (Fsp3) is 0.500. The van der Waals surface area contributed by atoms with E-state index in [1.807, 2.05) is 25.2 Å². The molecule has 5 heteroatoms. The van der Waals surface area contributed by atoms with E-state index in [1.54, 1.807) is 0 Å². The van der Waals surface area contributed by atoms with Crippen molar-refractivity contribution >= 4 is 11.1 Å². The molecule has 0 saturated carbocycles. The van der Waals surface area contributed by atoms with Gasteiger partial charge in [-0.15, -0.1) is 0 Å². The molecule has 0 aliphatic carbocycles. The number of rotatable bonds is 4. The van der Waals surface area contributed by atoms with Crippen LogP contribution in [0.4, 0.5) is 0 Å². The van der Waals surface area contributed by atoms with Crippen molar-refractivity contribution in [2.24, 2.45) is 5.92 Å². The molecule has 1 fully saturated rings. The number of hydrogen-bond donors (Lipinski definition) is 3. The molecular weight excluding hydrogens is 242 g/mol. The quantitative estimate of drug-likeness (QED) is 0.777. The topological polar surface area (TPSA) is 70.1 Å². The fourth-order valence-corrected chi connectivity index (χ4v) is 2.86. The largest absolute Gasteiger partial charge is 0.417 e. The maximum absolute atomic E-state index is 11.2. The van der Waals surface area contributed by atoms with Crippen LogP contribution in [0, 0.1) is 5.92 Å². The molecule has 0 bridgehead atoms. The van der Waals surface area contributed by atoms with Crippen molar-refractivity contribution in [1.29, 1.82) is 0 Å². The summed E-state index contributed by atoms with van der Waals surface area (Å²) in [6, 6.07) is 6.21. The van der Waals surface area contributed by atoms with E-state index >= 15 is 0 Å². The lowest BCUT2D eigenvalue weighted by Crippen LogP contribution is -2.21. The van der Waals surface area contributed by atoms with Crippen LogP contribution in [0.15, 0.2) is 27.4 Å². The molecule has 2 unspecified atom stereocenters. The first kappa shape index (κ1) is 12.4. The van der Waals surface area contributed by atoms with Gasteiger partial charge in [-0.25, -0.2) is 4.79 Å². The molecular formula is C14H19N3O2. The molecule has 0 spiro atoms. The molecule has 19 heavy (non-hydrogen) atoms. The second-order valence-electron chi connectivity index (χ2n) is 5.21. The monoisotopic (exact) mass is 261 g/mol. The lowest BCUT2D eigenvalue weighted by Gasteiger charge is -2.20. The van der Waals surface area contributed by atoms with E-state index < -0.39 is 5.76 Å². The van der Waals surface area contributed by atoms with Crippen LogP contribution in [0.3, 0.4) is 0 Å². The van der Waals surface area contributed by atoms with Gasteiger partial charge in [0.05, 0.1) is 5.52 Å². The van der Waals surface area contributed by atoms with Crippen LogP contribution in [-0.2, 0) is 0 Å². The Morgan fingerprint density at radius 3 is 3.16 bits per heavy atom. The van der Waals surface area contributed by atoms with E-state index in [-0.39, 0.29) is 0 Å². The van der Waals surface area contributed by atoms with Crippen molar-refractivity contribution in [2.75, 3.05) is 20.1 Å². The van der Waals surface area contributed by atoms with E-state index in [0.717, 1.165) is 30.9 Å². The van der Waals surface area contributed by atoms with Crippen LogP contribution in [0.5, 0.6) is 0 Å². The summed E-state index contributed by atoms with van der Waals surface area (Å²) >= 11 is 0. The zero-order valence-corrected chi connectivity index (χ0v) is 11.0. The maximum atomic E-state index is 11.2. The highest BCUT2D eigenvalue weighted by Gasteiger charge is 2.20. The summed E-state index contributed by atoms with van der Waals surface area (Å²) in [7, 11) is 1.98. The summed E-state index contributed by atoms with van der Waals surface area (Å²) in [5.74, 6) is 0.324. The number of fused-ring (bicyclic) bond motifs is 1. The van der Waals surface area contributed by atoms with Gasteiger partial charge in [-0.2, -0.15) is 0 Å². The Kier molecular flexibility index (Phi) is 3.40. The fourth-order valence-electron chi connectivity index (χ4n) is 2.86. The van der Waals surface area contributed by atoms with Crippen molar-refractivity contribution in [3.05, 3.63) is 34.3 Å². The minimum atomic E-state index is -0.395. The second-order valence-corrected chi connectivity index (χ2v) is 5.21. The third kappa shape index (κ3) is 2.57. The van der Waals surface area contributed by atoms with Gasteiger partial charge in [0.1, 0.15) is 0 Å². The van der Waals surface area contributed by atoms with E-state index in [1.165, 1.54) is 12.0 Å². The van der Waals surface area contributed by atoms with Gasteiger partial charge >= 0.3 is 5.76 Å². The van der Waals surface area contributed by atoms with Gasteiger partial charge in [0.25, 0.3) is 0 Å². The van der Waals surface area contributed by atoms with Gasteiger partial charge in [-0.3, -0.25) is 4.98 Å². The normalized spacial score (nSPS) is 21.0.